The fourth-order valence-corrected chi connectivity index (χ4v) is 2.17. The molecule has 1 amide bonds. The number of nitrogens with zero attached hydrogens (tertiary/aromatic N) is 1. The van der Waals surface area contributed by atoms with Crippen molar-refractivity contribution in [2.75, 3.05) is 11.1 Å². The summed E-state index contributed by atoms with van der Waals surface area (Å²) >= 11 is 1.04. The monoisotopic (exact) mass is 299 g/mol. The molecular weight excluding hydrogens is 286 g/mol. The summed E-state index contributed by atoms with van der Waals surface area (Å²) in [5.74, 6) is 2.73. The van der Waals surface area contributed by atoms with E-state index >= 15 is 0 Å². The third-order valence-corrected chi connectivity index (χ3v) is 3.37. The Morgan fingerprint density at radius 2 is 2.14 bits per heavy atom. The van der Waals surface area contributed by atoms with Crippen LogP contribution in [0.25, 0.3) is 11.3 Å². The predicted octanol–water partition coefficient (Wildman–Crippen LogP) is 2.64. The topological polar surface area (TPSA) is 74.8 Å². The first kappa shape index (κ1) is 14.9. The van der Waals surface area contributed by atoms with Gasteiger partial charge in [-0.15, -0.1) is 6.42 Å². The molecule has 0 fully saturated rings. The van der Waals surface area contributed by atoms with Gasteiger partial charge in [0, 0.05) is 17.3 Å². The number of aromatic nitrogens is 2. The van der Waals surface area contributed by atoms with Gasteiger partial charge >= 0.3 is 0 Å². The number of hydrogen-bond acceptors (Lipinski definition) is 4. The number of carbonyl (C=O) groups is 1. The Labute approximate surface area is 126 Å². The van der Waals surface area contributed by atoms with E-state index in [1.165, 1.54) is 6.07 Å². The van der Waals surface area contributed by atoms with Crippen LogP contribution in [0.3, 0.4) is 0 Å². The molecule has 6 heteroatoms. The second-order valence-electron chi connectivity index (χ2n) is 4.25. The lowest BCUT2D eigenvalue weighted by Crippen LogP contribution is -2.08. The molecule has 1 heterocycles. The van der Waals surface area contributed by atoms with E-state index in [0.717, 1.165) is 22.9 Å². The third kappa shape index (κ3) is 3.97. The van der Waals surface area contributed by atoms with Crippen LogP contribution < -0.4 is 10.9 Å². The minimum atomic E-state index is -0.231. The van der Waals surface area contributed by atoms with E-state index in [-0.39, 0.29) is 10.8 Å². The van der Waals surface area contributed by atoms with Crippen molar-refractivity contribution >= 4 is 22.7 Å². The summed E-state index contributed by atoms with van der Waals surface area (Å²) in [6.07, 6.45) is 5.10. The lowest BCUT2D eigenvalue weighted by Gasteiger charge is -2.06. The number of aryl methyl sites for hydroxylation is 1. The van der Waals surface area contributed by atoms with E-state index in [4.69, 9.17) is 6.42 Å². The number of benzene rings is 1. The fourth-order valence-electron chi connectivity index (χ4n) is 1.76. The van der Waals surface area contributed by atoms with Crippen molar-refractivity contribution in [2.24, 2.45) is 0 Å². The van der Waals surface area contributed by atoms with Crippen LogP contribution in [0.15, 0.2) is 35.1 Å². The van der Waals surface area contributed by atoms with Crippen molar-refractivity contribution in [3.8, 4) is 23.6 Å². The summed E-state index contributed by atoms with van der Waals surface area (Å²) in [7, 11) is 0. The molecule has 0 saturated carbocycles. The molecule has 0 unspecified atom stereocenters. The smallest absolute Gasteiger partial charge is 0.284 e. The molecule has 0 aliphatic carbocycles. The van der Waals surface area contributed by atoms with Gasteiger partial charge in [0.15, 0.2) is 0 Å². The molecule has 1 aromatic carbocycles. The maximum atomic E-state index is 11.5. The van der Waals surface area contributed by atoms with Crippen molar-refractivity contribution in [2.45, 2.75) is 6.92 Å². The Bertz CT molecular complexity index is 745. The van der Waals surface area contributed by atoms with Gasteiger partial charge in [-0.25, -0.2) is 5.10 Å². The average Bonchev–Trinajstić information content (AvgIpc) is 2.46. The summed E-state index contributed by atoms with van der Waals surface area (Å²) in [6, 6.07) is 8.70. The molecule has 0 saturated heterocycles. The Morgan fingerprint density at radius 3 is 2.76 bits per heavy atom. The van der Waals surface area contributed by atoms with Crippen LogP contribution in [0.4, 0.5) is 10.5 Å². The fraction of sp³-hybridized carbons (Fsp3) is 0.133. The predicted molar refractivity (Wildman–Crippen MR) is 85.3 cm³/mol. The molecule has 0 bridgehead atoms. The van der Waals surface area contributed by atoms with Crippen LogP contribution in [-0.2, 0) is 0 Å². The van der Waals surface area contributed by atoms with Crippen molar-refractivity contribution in [1.82, 2.24) is 10.2 Å². The van der Waals surface area contributed by atoms with Gasteiger partial charge in [-0.05, 0) is 24.6 Å². The molecule has 2 N–H and O–H groups in total. The van der Waals surface area contributed by atoms with E-state index in [0.29, 0.717) is 17.1 Å². The minimum absolute atomic E-state index is 0.195. The van der Waals surface area contributed by atoms with Gasteiger partial charge in [-0.2, -0.15) is 5.10 Å². The first-order valence-electron chi connectivity index (χ1n) is 6.14. The minimum Gasteiger partial charge on any atom is -0.317 e. The Hall–Kier alpha value is -2.52. The summed E-state index contributed by atoms with van der Waals surface area (Å²) in [4.78, 5) is 22.7. The van der Waals surface area contributed by atoms with Crippen LogP contribution in [-0.4, -0.2) is 21.2 Å². The number of nitrogens with one attached hydrogen (secondary N) is 2. The van der Waals surface area contributed by atoms with Gasteiger partial charge in [0.2, 0.25) is 0 Å². The zero-order chi connectivity index (χ0) is 15.2. The van der Waals surface area contributed by atoms with Crippen molar-refractivity contribution in [1.29, 1.82) is 0 Å². The number of amides is 1. The molecule has 2 aromatic rings. The lowest BCUT2D eigenvalue weighted by atomic mass is 10.1. The molecule has 106 valence electrons. The van der Waals surface area contributed by atoms with Crippen molar-refractivity contribution < 1.29 is 4.79 Å². The van der Waals surface area contributed by atoms with Gasteiger partial charge in [-0.3, -0.25) is 9.59 Å². The number of carbonyl (C=O) groups excluding carboxylic acids is 1. The van der Waals surface area contributed by atoms with E-state index in [9.17, 15) is 9.59 Å². The second kappa shape index (κ2) is 6.77. The zero-order valence-electron chi connectivity index (χ0n) is 11.3. The van der Waals surface area contributed by atoms with Crippen molar-refractivity contribution in [3.05, 3.63) is 46.2 Å². The molecule has 0 aliphatic heterocycles. The van der Waals surface area contributed by atoms with Crippen LogP contribution in [0.2, 0.25) is 0 Å². The van der Waals surface area contributed by atoms with Gasteiger partial charge in [0.1, 0.15) is 0 Å². The van der Waals surface area contributed by atoms with Gasteiger partial charge in [0.05, 0.1) is 11.4 Å². The van der Waals surface area contributed by atoms with E-state index < -0.39 is 0 Å². The van der Waals surface area contributed by atoms with Crippen LogP contribution in [0.1, 0.15) is 5.56 Å². The zero-order valence-corrected chi connectivity index (χ0v) is 12.2. The number of hydrogen-bond donors (Lipinski definition) is 2. The second-order valence-corrected chi connectivity index (χ2v) is 5.19. The van der Waals surface area contributed by atoms with Crippen LogP contribution >= 0.6 is 11.8 Å². The number of H-pyrrole nitrogens is 1. The molecular formula is C15H13N3O2S. The molecule has 0 radical (unpaired) electrons. The highest BCUT2D eigenvalue weighted by Gasteiger charge is 2.06. The maximum Gasteiger partial charge on any atom is 0.284 e. The quantitative estimate of drug-likeness (QED) is 0.854. The summed E-state index contributed by atoms with van der Waals surface area (Å²) in [5.41, 5.74) is 2.80. The molecule has 5 nitrogen and oxygen atoms in total. The van der Waals surface area contributed by atoms with Crippen LogP contribution in [0.5, 0.6) is 0 Å². The number of aromatic amines is 1. The highest BCUT2D eigenvalue weighted by atomic mass is 32.2. The molecule has 0 spiro atoms. The normalized spacial score (nSPS) is 9.90. The SMILES string of the molecule is C#CCSC(=O)Nc1ccc(-c2n[nH]c(=O)cc2C)cc1. The molecule has 0 aliphatic rings. The molecule has 0 atom stereocenters. The first-order chi connectivity index (χ1) is 10.1. The summed E-state index contributed by atoms with van der Waals surface area (Å²) in [5, 5.41) is 8.97. The number of rotatable bonds is 3. The first-order valence-corrected chi connectivity index (χ1v) is 7.12. The van der Waals surface area contributed by atoms with Crippen molar-refractivity contribution in [3.63, 3.8) is 0 Å². The van der Waals surface area contributed by atoms with Gasteiger partial charge in [0.25, 0.3) is 10.8 Å². The highest BCUT2D eigenvalue weighted by molar-refractivity contribution is 8.14. The third-order valence-electron chi connectivity index (χ3n) is 2.69. The largest absolute Gasteiger partial charge is 0.317 e. The summed E-state index contributed by atoms with van der Waals surface area (Å²) < 4.78 is 0. The Kier molecular flexibility index (Phi) is 4.80. The standard InChI is InChI=1S/C15H13N3O2S/c1-3-8-21-15(20)16-12-6-4-11(5-7-12)14-10(2)9-13(19)17-18-14/h1,4-7,9H,8H2,2H3,(H,16,20)(H,17,19). The molecule has 21 heavy (non-hydrogen) atoms. The van der Waals surface area contributed by atoms with E-state index in [1.807, 2.05) is 19.1 Å². The molecule has 1 aromatic heterocycles. The molecule has 2 rings (SSSR count). The summed E-state index contributed by atoms with van der Waals surface area (Å²) in [6.45, 7) is 1.82. The number of thioether (sulfide) groups is 1. The maximum absolute atomic E-state index is 11.5. The average molecular weight is 299 g/mol. The van der Waals surface area contributed by atoms with E-state index in [2.05, 4.69) is 21.4 Å². The lowest BCUT2D eigenvalue weighted by molar-refractivity contribution is 0.270. The Morgan fingerprint density at radius 1 is 1.43 bits per heavy atom. The van der Waals surface area contributed by atoms with E-state index in [1.54, 1.807) is 12.1 Å². The van der Waals surface area contributed by atoms with Crippen LogP contribution in [0, 0.1) is 19.3 Å². The number of anilines is 1. The van der Waals surface area contributed by atoms with Gasteiger partial charge in [-0.1, -0.05) is 29.8 Å². The number of terminal acetylenes is 1. The van der Waals surface area contributed by atoms with Gasteiger partial charge < -0.3 is 5.32 Å². The Balaban J connectivity index is 2.14. The highest BCUT2D eigenvalue weighted by Crippen LogP contribution is 2.21.